The molecule has 1 aromatic rings. The number of aryl methyl sites for hydroxylation is 2. The van der Waals surface area contributed by atoms with Crippen LogP contribution in [0.25, 0.3) is 0 Å². The van der Waals surface area contributed by atoms with Crippen molar-refractivity contribution in [3.63, 3.8) is 0 Å². The van der Waals surface area contributed by atoms with Gasteiger partial charge in [0.1, 0.15) is 12.2 Å². The Morgan fingerprint density at radius 3 is 2.71 bits per heavy atom. The lowest BCUT2D eigenvalue weighted by Crippen LogP contribution is -2.08. The van der Waals surface area contributed by atoms with Crippen molar-refractivity contribution in [2.45, 2.75) is 37.9 Å². The van der Waals surface area contributed by atoms with Crippen LogP contribution in [0.3, 0.4) is 0 Å². The Morgan fingerprint density at radius 1 is 1.50 bits per heavy atom. The molecule has 1 rings (SSSR count). The van der Waals surface area contributed by atoms with Gasteiger partial charge >= 0.3 is 0 Å². The van der Waals surface area contributed by atoms with E-state index in [0.29, 0.717) is 10.7 Å². The van der Waals surface area contributed by atoms with Crippen LogP contribution in [0.15, 0.2) is 6.33 Å². The zero-order valence-corrected chi connectivity index (χ0v) is 10.7. The molecule has 0 saturated carbocycles. The van der Waals surface area contributed by atoms with Crippen LogP contribution in [0.2, 0.25) is 0 Å². The molecule has 0 aromatic carbocycles. The largest absolute Gasteiger partial charge is 0.253 e. The lowest BCUT2D eigenvalue weighted by Gasteiger charge is -2.12. The molecule has 0 radical (unpaired) electrons. The number of rotatable bonds is 5. The summed E-state index contributed by atoms with van der Waals surface area (Å²) in [7, 11) is 1.94. The van der Waals surface area contributed by atoms with Gasteiger partial charge in [-0.1, -0.05) is 29.8 Å². The molecular weight excluding hydrogens is 242 g/mol. The van der Waals surface area contributed by atoms with Crippen LogP contribution in [0.5, 0.6) is 0 Å². The normalized spacial score (nSPS) is 13.5. The van der Waals surface area contributed by atoms with Crippen molar-refractivity contribution in [3.8, 4) is 0 Å². The molecule has 0 spiro atoms. The number of aromatic nitrogens is 3. The molecule has 0 aliphatic carbocycles. The minimum atomic E-state index is 0.621. The molecule has 4 heteroatoms. The van der Waals surface area contributed by atoms with Crippen LogP contribution >= 0.6 is 15.9 Å². The topological polar surface area (TPSA) is 30.7 Å². The average Bonchev–Trinajstić information content (AvgIpc) is 2.51. The van der Waals surface area contributed by atoms with Gasteiger partial charge in [0.15, 0.2) is 0 Å². The van der Waals surface area contributed by atoms with Gasteiger partial charge in [-0.3, -0.25) is 4.68 Å². The third kappa shape index (κ3) is 3.40. The fourth-order valence-corrected chi connectivity index (χ4v) is 1.66. The maximum Gasteiger partial charge on any atom is 0.138 e. The van der Waals surface area contributed by atoms with Crippen LogP contribution in [-0.2, 0) is 13.5 Å². The summed E-state index contributed by atoms with van der Waals surface area (Å²) in [4.78, 5) is 4.82. The van der Waals surface area contributed by atoms with Crippen LogP contribution in [0.4, 0.5) is 0 Å². The van der Waals surface area contributed by atoms with E-state index in [1.165, 1.54) is 12.8 Å². The Balaban J connectivity index is 2.25. The molecule has 0 N–H and O–H groups in total. The first kappa shape index (κ1) is 11.7. The van der Waals surface area contributed by atoms with Gasteiger partial charge in [0.2, 0.25) is 0 Å². The van der Waals surface area contributed by atoms with E-state index in [2.05, 4.69) is 39.9 Å². The van der Waals surface area contributed by atoms with Crippen molar-refractivity contribution in [2.24, 2.45) is 13.0 Å². The van der Waals surface area contributed by atoms with E-state index >= 15 is 0 Å². The van der Waals surface area contributed by atoms with Gasteiger partial charge in [0.05, 0.1) is 0 Å². The highest BCUT2D eigenvalue weighted by atomic mass is 79.9. The summed E-state index contributed by atoms with van der Waals surface area (Å²) in [6, 6.07) is 0. The van der Waals surface area contributed by atoms with Gasteiger partial charge in [-0.2, -0.15) is 5.10 Å². The van der Waals surface area contributed by atoms with Crippen LogP contribution in [0, 0.1) is 5.92 Å². The predicted octanol–water partition coefficient (Wildman–Crippen LogP) is 2.56. The number of nitrogens with zero attached hydrogens (tertiary/aromatic N) is 3. The molecule has 80 valence electrons. The minimum absolute atomic E-state index is 0.621. The van der Waals surface area contributed by atoms with Gasteiger partial charge in [-0.15, -0.1) is 0 Å². The summed E-state index contributed by atoms with van der Waals surface area (Å²) >= 11 is 3.68. The SMILES string of the molecule is CC(C)C(Br)CCCc1ncnn1C. The standard InChI is InChI=1S/C10H18BrN3/c1-8(2)9(11)5-4-6-10-12-7-13-14(10)3/h7-9H,4-6H2,1-3H3. The molecule has 0 aliphatic rings. The fraction of sp³-hybridized carbons (Fsp3) is 0.800. The molecule has 1 aromatic heterocycles. The number of hydrogen-bond donors (Lipinski definition) is 0. The van der Waals surface area contributed by atoms with E-state index in [-0.39, 0.29) is 0 Å². The molecule has 0 saturated heterocycles. The summed E-state index contributed by atoms with van der Waals surface area (Å²) in [5, 5.41) is 4.04. The zero-order chi connectivity index (χ0) is 10.6. The lowest BCUT2D eigenvalue weighted by molar-refractivity contribution is 0.551. The van der Waals surface area contributed by atoms with Gasteiger partial charge in [-0.05, 0) is 18.8 Å². The summed E-state index contributed by atoms with van der Waals surface area (Å²) in [6.45, 7) is 4.48. The van der Waals surface area contributed by atoms with Crippen LogP contribution < -0.4 is 0 Å². The van der Waals surface area contributed by atoms with Crippen molar-refractivity contribution in [3.05, 3.63) is 12.2 Å². The van der Waals surface area contributed by atoms with E-state index in [1.54, 1.807) is 6.33 Å². The highest BCUT2D eigenvalue weighted by molar-refractivity contribution is 9.09. The molecule has 1 heterocycles. The van der Waals surface area contributed by atoms with E-state index in [4.69, 9.17) is 0 Å². The second kappa shape index (κ2) is 5.49. The minimum Gasteiger partial charge on any atom is -0.253 e. The molecular formula is C10H18BrN3. The number of alkyl halides is 1. The van der Waals surface area contributed by atoms with E-state index in [0.717, 1.165) is 12.2 Å². The Kier molecular flexibility index (Phi) is 4.58. The Hall–Kier alpha value is -0.380. The molecule has 1 unspecified atom stereocenters. The first-order valence-electron chi connectivity index (χ1n) is 5.08. The van der Waals surface area contributed by atoms with Gasteiger partial charge in [0, 0.05) is 18.3 Å². The predicted molar refractivity (Wildman–Crippen MR) is 61.5 cm³/mol. The third-order valence-electron chi connectivity index (χ3n) is 2.41. The van der Waals surface area contributed by atoms with Crippen LogP contribution in [-0.4, -0.2) is 19.6 Å². The Bertz CT molecular complexity index is 270. The first-order valence-corrected chi connectivity index (χ1v) is 5.99. The zero-order valence-electron chi connectivity index (χ0n) is 9.07. The molecule has 0 fully saturated rings. The van der Waals surface area contributed by atoms with E-state index in [9.17, 15) is 0 Å². The van der Waals surface area contributed by atoms with Crippen LogP contribution in [0.1, 0.15) is 32.5 Å². The monoisotopic (exact) mass is 259 g/mol. The molecule has 0 aliphatic heterocycles. The van der Waals surface area contributed by atoms with Gasteiger partial charge in [-0.25, -0.2) is 4.98 Å². The van der Waals surface area contributed by atoms with Crippen molar-refractivity contribution >= 4 is 15.9 Å². The Labute approximate surface area is 94.0 Å². The molecule has 0 amide bonds. The van der Waals surface area contributed by atoms with Gasteiger partial charge < -0.3 is 0 Å². The molecule has 0 bridgehead atoms. The second-order valence-electron chi connectivity index (χ2n) is 3.95. The summed E-state index contributed by atoms with van der Waals surface area (Å²) in [5.74, 6) is 1.78. The number of halogens is 1. The molecule has 14 heavy (non-hydrogen) atoms. The fourth-order valence-electron chi connectivity index (χ4n) is 1.33. The van der Waals surface area contributed by atoms with E-state index in [1.807, 2.05) is 11.7 Å². The maximum atomic E-state index is 4.19. The molecule has 3 nitrogen and oxygen atoms in total. The maximum absolute atomic E-state index is 4.19. The average molecular weight is 260 g/mol. The van der Waals surface area contributed by atoms with E-state index < -0.39 is 0 Å². The second-order valence-corrected chi connectivity index (χ2v) is 5.13. The molecule has 1 atom stereocenters. The smallest absolute Gasteiger partial charge is 0.138 e. The summed E-state index contributed by atoms with van der Waals surface area (Å²) in [5.41, 5.74) is 0. The number of hydrogen-bond acceptors (Lipinski definition) is 2. The first-order chi connectivity index (χ1) is 6.61. The van der Waals surface area contributed by atoms with Crippen molar-refractivity contribution in [2.75, 3.05) is 0 Å². The van der Waals surface area contributed by atoms with Crippen molar-refractivity contribution in [1.82, 2.24) is 14.8 Å². The Morgan fingerprint density at radius 2 is 2.21 bits per heavy atom. The highest BCUT2D eigenvalue weighted by Crippen LogP contribution is 2.18. The quantitative estimate of drug-likeness (QED) is 0.762. The van der Waals surface area contributed by atoms with Crippen molar-refractivity contribution in [1.29, 1.82) is 0 Å². The summed E-state index contributed by atoms with van der Waals surface area (Å²) < 4.78 is 1.85. The summed E-state index contributed by atoms with van der Waals surface area (Å²) in [6.07, 6.45) is 5.00. The highest BCUT2D eigenvalue weighted by Gasteiger charge is 2.09. The third-order valence-corrected chi connectivity index (χ3v) is 3.92. The lowest BCUT2D eigenvalue weighted by atomic mass is 10.1. The van der Waals surface area contributed by atoms with Gasteiger partial charge in [0.25, 0.3) is 0 Å². The van der Waals surface area contributed by atoms with Crippen molar-refractivity contribution < 1.29 is 0 Å².